The molecule has 1 aromatic heterocycles. The maximum absolute atomic E-state index is 12.1. The van der Waals surface area contributed by atoms with Crippen molar-refractivity contribution in [2.45, 2.75) is 13.0 Å². The molecule has 0 radical (unpaired) electrons. The van der Waals surface area contributed by atoms with E-state index in [1.54, 1.807) is 24.3 Å². The average Bonchev–Trinajstić information content (AvgIpc) is 2.91. The molecule has 0 unspecified atom stereocenters. The number of aliphatic hydroxyl groups excluding tert-OH is 1. The SMILES string of the molecule is O=C(Cc1noc2ccccc12)Nc1cccc(CO)c1. The van der Waals surface area contributed by atoms with Gasteiger partial charge in [-0.2, -0.15) is 0 Å². The Bertz CT molecular complexity index is 780. The number of amides is 1. The number of rotatable bonds is 4. The van der Waals surface area contributed by atoms with Gasteiger partial charge in [0.25, 0.3) is 0 Å². The second kappa shape index (κ2) is 5.76. The Hall–Kier alpha value is -2.66. The number of hydrogen-bond donors (Lipinski definition) is 2. The highest BCUT2D eigenvalue weighted by Gasteiger charge is 2.12. The molecular formula is C16H14N2O3. The molecule has 21 heavy (non-hydrogen) atoms. The molecule has 0 spiro atoms. The molecule has 5 nitrogen and oxygen atoms in total. The minimum absolute atomic E-state index is 0.0579. The van der Waals surface area contributed by atoms with E-state index in [1.807, 2.05) is 24.3 Å². The van der Waals surface area contributed by atoms with Crippen LogP contribution in [0.2, 0.25) is 0 Å². The molecule has 0 fully saturated rings. The number of benzene rings is 2. The molecular weight excluding hydrogens is 268 g/mol. The van der Waals surface area contributed by atoms with Crippen LogP contribution < -0.4 is 5.32 Å². The third-order valence-corrected chi connectivity index (χ3v) is 3.17. The van der Waals surface area contributed by atoms with Crippen LogP contribution in [0.15, 0.2) is 53.1 Å². The molecule has 0 saturated heterocycles. The third kappa shape index (κ3) is 2.93. The van der Waals surface area contributed by atoms with Gasteiger partial charge in [-0.1, -0.05) is 29.4 Å². The fraction of sp³-hybridized carbons (Fsp3) is 0.125. The van der Waals surface area contributed by atoms with Crippen molar-refractivity contribution in [2.75, 3.05) is 5.32 Å². The fourth-order valence-corrected chi connectivity index (χ4v) is 2.17. The van der Waals surface area contributed by atoms with Crippen molar-refractivity contribution < 1.29 is 14.4 Å². The van der Waals surface area contributed by atoms with Crippen LogP contribution in [0.1, 0.15) is 11.3 Å². The highest BCUT2D eigenvalue weighted by atomic mass is 16.5. The third-order valence-electron chi connectivity index (χ3n) is 3.17. The zero-order chi connectivity index (χ0) is 14.7. The van der Waals surface area contributed by atoms with Crippen LogP contribution >= 0.6 is 0 Å². The van der Waals surface area contributed by atoms with Gasteiger partial charge >= 0.3 is 0 Å². The molecule has 5 heteroatoms. The van der Waals surface area contributed by atoms with Crippen LogP contribution in [0.4, 0.5) is 5.69 Å². The van der Waals surface area contributed by atoms with Gasteiger partial charge in [-0.25, -0.2) is 0 Å². The minimum Gasteiger partial charge on any atom is -0.392 e. The van der Waals surface area contributed by atoms with Crippen molar-refractivity contribution in [3.8, 4) is 0 Å². The second-order valence-electron chi connectivity index (χ2n) is 4.71. The Morgan fingerprint density at radius 1 is 1.19 bits per heavy atom. The Morgan fingerprint density at radius 2 is 2.05 bits per heavy atom. The van der Waals surface area contributed by atoms with Crippen LogP contribution in [-0.2, 0) is 17.8 Å². The van der Waals surface area contributed by atoms with Crippen molar-refractivity contribution in [3.63, 3.8) is 0 Å². The van der Waals surface area contributed by atoms with Crippen molar-refractivity contribution in [2.24, 2.45) is 0 Å². The Kier molecular flexibility index (Phi) is 3.66. The van der Waals surface area contributed by atoms with Gasteiger partial charge in [0.1, 0.15) is 5.69 Å². The quantitative estimate of drug-likeness (QED) is 0.771. The van der Waals surface area contributed by atoms with Crippen LogP contribution in [0.25, 0.3) is 11.0 Å². The molecule has 0 aliphatic rings. The highest BCUT2D eigenvalue weighted by Crippen LogP contribution is 2.18. The number of fused-ring (bicyclic) bond motifs is 1. The van der Waals surface area contributed by atoms with Gasteiger partial charge < -0.3 is 14.9 Å². The standard InChI is InChI=1S/C16H14N2O3/c19-10-11-4-3-5-12(8-11)17-16(20)9-14-13-6-1-2-7-15(13)21-18-14/h1-8,19H,9-10H2,(H,17,20). The van der Waals surface area contributed by atoms with Crippen LogP contribution in [0.5, 0.6) is 0 Å². The molecule has 3 rings (SSSR count). The van der Waals surface area contributed by atoms with E-state index in [1.165, 1.54) is 0 Å². The molecule has 2 N–H and O–H groups in total. The van der Waals surface area contributed by atoms with E-state index in [9.17, 15) is 4.79 Å². The first-order valence-corrected chi connectivity index (χ1v) is 6.59. The van der Waals surface area contributed by atoms with Crippen LogP contribution in [0.3, 0.4) is 0 Å². The molecule has 106 valence electrons. The van der Waals surface area contributed by atoms with Crippen LogP contribution in [0, 0.1) is 0 Å². The number of aliphatic hydroxyl groups is 1. The summed E-state index contributed by atoms with van der Waals surface area (Å²) in [6.07, 6.45) is 0.139. The summed E-state index contributed by atoms with van der Waals surface area (Å²) < 4.78 is 5.17. The molecule has 2 aromatic carbocycles. The number of para-hydroxylation sites is 1. The lowest BCUT2D eigenvalue weighted by Gasteiger charge is -2.05. The summed E-state index contributed by atoms with van der Waals surface area (Å²) in [7, 11) is 0. The maximum Gasteiger partial charge on any atom is 0.230 e. The van der Waals surface area contributed by atoms with E-state index >= 15 is 0 Å². The Labute approximate surface area is 121 Å². The molecule has 0 saturated carbocycles. The van der Waals surface area contributed by atoms with E-state index in [0.717, 1.165) is 10.9 Å². The Morgan fingerprint density at radius 3 is 2.90 bits per heavy atom. The van der Waals surface area contributed by atoms with Crippen molar-refractivity contribution in [3.05, 3.63) is 59.8 Å². The molecule has 3 aromatic rings. The molecule has 0 aliphatic heterocycles. The summed E-state index contributed by atoms with van der Waals surface area (Å²) in [5.41, 5.74) is 2.68. The van der Waals surface area contributed by atoms with Crippen molar-refractivity contribution in [1.82, 2.24) is 5.16 Å². The molecule has 0 bridgehead atoms. The summed E-state index contributed by atoms with van der Waals surface area (Å²) >= 11 is 0. The zero-order valence-electron chi connectivity index (χ0n) is 11.2. The van der Waals surface area contributed by atoms with E-state index in [-0.39, 0.29) is 18.9 Å². The van der Waals surface area contributed by atoms with Gasteiger partial charge in [-0.3, -0.25) is 4.79 Å². The zero-order valence-corrected chi connectivity index (χ0v) is 11.2. The van der Waals surface area contributed by atoms with E-state index in [4.69, 9.17) is 9.63 Å². The van der Waals surface area contributed by atoms with Gasteiger partial charge in [-0.15, -0.1) is 0 Å². The van der Waals surface area contributed by atoms with Gasteiger partial charge in [-0.05, 0) is 29.8 Å². The predicted molar refractivity (Wildman–Crippen MR) is 78.7 cm³/mol. The van der Waals surface area contributed by atoms with Crippen LogP contribution in [-0.4, -0.2) is 16.2 Å². The van der Waals surface area contributed by atoms with Crippen molar-refractivity contribution >= 4 is 22.6 Å². The minimum atomic E-state index is -0.177. The summed E-state index contributed by atoms with van der Waals surface area (Å²) in [5.74, 6) is -0.177. The fourth-order valence-electron chi connectivity index (χ4n) is 2.17. The first-order chi connectivity index (χ1) is 10.3. The number of hydrogen-bond acceptors (Lipinski definition) is 4. The molecule has 1 amide bonds. The van der Waals surface area contributed by atoms with E-state index in [0.29, 0.717) is 17.0 Å². The lowest BCUT2D eigenvalue weighted by molar-refractivity contribution is -0.115. The van der Waals surface area contributed by atoms with E-state index < -0.39 is 0 Å². The summed E-state index contributed by atoms with van der Waals surface area (Å²) in [6, 6.07) is 14.5. The number of carbonyl (C=O) groups is 1. The predicted octanol–water partition coefficient (Wildman–Crippen LogP) is 2.50. The van der Waals surface area contributed by atoms with Gasteiger partial charge in [0.15, 0.2) is 5.58 Å². The van der Waals surface area contributed by atoms with E-state index in [2.05, 4.69) is 10.5 Å². The smallest absolute Gasteiger partial charge is 0.230 e. The topological polar surface area (TPSA) is 75.4 Å². The molecule has 1 heterocycles. The van der Waals surface area contributed by atoms with Gasteiger partial charge in [0, 0.05) is 11.1 Å². The maximum atomic E-state index is 12.1. The number of nitrogens with one attached hydrogen (secondary N) is 1. The number of aromatic nitrogens is 1. The second-order valence-corrected chi connectivity index (χ2v) is 4.71. The molecule has 0 atom stereocenters. The van der Waals surface area contributed by atoms with Gasteiger partial charge in [0.2, 0.25) is 5.91 Å². The average molecular weight is 282 g/mol. The first kappa shape index (κ1) is 13.3. The Balaban J connectivity index is 1.74. The summed E-state index contributed by atoms with van der Waals surface area (Å²) in [5, 5.41) is 16.7. The largest absolute Gasteiger partial charge is 0.392 e. The normalized spacial score (nSPS) is 10.7. The number of anilines is 1. The number of carbonyl (C=O) groups excluding carboxylic acids is 1. The lowest BCUT2D eigenvalue weighted by Crippen LogP contribution is -2.14. The lowest BCUT2D eigenvalue weighted by atomic mass is 10.1. The number of nitrogens with zero attached hydrogens (tertiary/aromatic N) is 1. The first-order valence-electron chi connectivity index (χ1n) is 6.59. The summed E-state index contributed by atoms with van der Waals surface area (Å²) in [6.45, 7) is -0.0579. The molecule has 0 aliphatic carbocycles. The highest BCUT2D eigenvalue weighted by molar-refractivity contribution is 5.94. The monoisotopic (exact) mass is 282 g/mol. The summed E-state index contributed by atoms with van der Waals surface area (Å²) in [4.78, 5) is 12.1. The van der Waals surface area contributed by atoms with Gasteiger partial charge in [0.05, 0.1) is 13.0 Å². The van der Waals surface area contributed by atoms with Crippen molar-refractivity contribution in [1.29, 1.82) is 0 Å².